The highest BCUT2D eigenvalue weighted by Crippen LogP contribution is 2.28. The Kier molecular flexibility index (Phi) is 4.75. The van der Waals surface area contributed by atoms with Crippen molar-refractivity contribution in [2.24, 2.45) is 5.92 Å². The van der Waals surface area contributed by atoms with Crippen LogP contribution in [0.5, 0.6) is 0 Å². The summed E-state index contributed by atoms with van der Waals surface area (Å²) in [5, 5.41) is 0. The van der Waals surface area contributed by atoms with Crippen LogP contribution in [0.1, 0.15) is 49.5 Å². The summed E-state index contributed by atoms with van der Waals surface area (Å²) < 4.78 is 6.20. The van der Waals surface area contributed by atoms with Crippen molar-refractivity contribution in [3.63, 3.8) is 0 Å². The van der Waals surface area contributed by atoms with Crippen LogP contribution in [0.2, 0.25) is 0 Å². The second kappa shape index (κ2) is 6.32. The van der Waals surface area contributed by atoms with E-state index in [1.807, 2.05) is 0 Å². The summed E-state index contributed by atoms with van der Waals surface area (Å²) in [7, 11) is 0. The van der Waals surface area contributed by atoms with Gasteiger partial charge < -0.3 is 4.74 Å². The van der Waals surface area contributed by atoms with Crippen molar-refractivity contribution in [1.82, 2.24) is 4.98 Å². The Morgan fingerprint density at radius 2 is 2.33 bits per heavy atom. The third-order valence-electron chi connectivity index (χ3n) is 3.51. The lowest BCUT2D eigenvalue weighted by Crippen LogP contribution is -2.25. The first-order chi connectivity index (χ1) is 8.69. The molecule has 0 saturated heterocycles. The number of carbonyl (C=O) groups is 1. The van der Waals surface area contributed by atoms with Crippen molar-refractivity contribution in [3.05, 3.63) is 28.5 Å². The number of halogens is 1. The third-order valence-corrected chi connectivity index (χ3v) is 3.95. The van der Waals surface area contributed by atoms with Gasteiger partial charge in [-0.05, 0) is 53.2 Å². The largest absolute Gasteiger partial charge is 0.458 e. The van der Waals surface area contributed by atoms with E-state index in [0.29, 0.717) is 16.2 Å². The molecule has 1 aromatic rings. The van der Waals surface area contributed by atoms with Crippen molar-refractivity contribution >= 4 is 21.9 Å². The number of hydrogen-bond acceptors (Lipinski definition) is 3. The Bertz CT molecular complexity index is 422. The molecule has 0 aromatic carbocycles. The van der Waals surface area contributed by atoms with Crippen molar-refractivity contribution in [3.8, 4) is 0 Å². The minimum atomic E-state index is -0.307. The molecular weight excluding hydrogens is 294 g/mol. The third kappa shape index (κ3) is 3.55. The fourth-order valence-electron chi connectivity index (χ4n) is 2.45. The summed E-state index contributed by atoms with van der Waals surface area (Å²) in [6.07, 6.45) is 5.63. The van der Waals surface area contributed by atoms with Gasteiger partial charge in [0.2, 0.25) is 0 Å². The van der Waals surface area contributed by atoms with Crippen molar-refractivity contribution < 1.29 is 9.53 Å². The van der Waals surface area contributed by atoms with Gasteiger partial charge in [-0.25, -0.2) is 9.78 Å². The van der Waals surface area contributed by atoms with Gasteiger partial charge in [0, 0.05) is 0 Å². The maximum atomic E-state index is 12.0. The number of rotatable bonds is 3. The number of esters is 1. The Morgan fingerprint density at radius 1 is 1.50 bits per heavy atom. The monoisotopic (exact) mass is 311 g/mol. The summed E-state index contributed by atoms with van der Waals surface area (Å²) in [6.45, 7) is 2.20. The zero-order chi connectivity index (χ0) is 13.0. The van der Waals surface area contributed by atoms with Crippen LogP contribution in [0.25, 0.3) is 0 Å². The lowest BCUT2D eigenvalue weighted by atomic mass is 9.85. The average molecular weight is 312 g/mol. The van der Waals surface area contributed by atoms with Crippen LogP contribution in [0.4, 0.5) is 0 Å². The minimum Gasteiger partial charge on any atom is -0.458 e. The van der Waals surface area contributed by atoms with Crippen LogP contribution >= 0.6 is 15.9 Å². The molecule has 98 valence electrons. The van der Waals surface area contributed by atoms with Crippen LogP contribution in [-0.2, 0) is 4.74 Å². The molecule has 1 heterocycles. The summed E-state index contributed by atoms with van der Waals surface area (Å²) >= 11 is 3.26. The molecule has 1 aliphatic carbocycles. The Labute approximate surface area is 116 Å². The smallest absolute Gasteiger partial charge is 0.357 e. The summed E-state index contributed by atoms with van der Waals surface area (Å²) in [5.41, 5.74) is 0.378. The first-order valence-corrected chi connectivity index (χ1v) is 7.32. The van der Waals surface area contributed by atoms with Gasteiger partial charge in [-0.2, -0.15) is 0 Å². The number of aromatic nitrogens is 1. The first kappa shape index (κ1) is 13.5. The molecule has 1 aliphatic rings. The lowest BCUT2D eigenvalue weighted by molar-refractivity contribution is 0.0133. The second-order valence-corrected chi connectivity index (χ2v) is 5.63. The number of ether oxygens (including phenoxy) is 1. The quantitative estimate of drug-likeness (QED) is 0.626. The molecule has 0 radical (unpaired) electrons. The second-order valence-electron chi connectivity index (χ2n) is 4.81. The fraction of sp³-hybridized carbons (Fsp3) is 0.571. The van der Waals surface area contributed by atoms with Crippen molar-refractivity contribution in [2.45, 2.75) is 45.1 Å². The van der Waals surface area contributed by atoms with Gasteiger partial charge in [0.25, 0.3) is 0 Å². The molecule has 1 fully saturated rings. The molecule has 0 amide bonds. The fourth-order valence-corrected chi connectivity index (χ4v) is 2.80. The van der Waals surface area contributed by atoms with Gasteiger partial charge in [-0.3, -0.25) is 0 Å². The molecule has 0 bridgehead atoms. The minimum absolute atomic E-state index is 0.0666. The first-order valence-electron chi connectivity index (χ1n) is 6.52. The summed E-state index contributed by atoms with van der Waals surface area (Å²) in [5.74, 6) is 0.394. The molecule has 1 saturated carbocycles. The number of hydrogen-bond donors (Lipinski definition) is 0. The molecule has 2 atom stereocenters. The highest BCUT2D eigenvalue weighted by molar-refractivity contribution is 9.10. The van der Waals surface area contributed by atoms with E-state index < -0.39 is 0 Å². The number of carbonyl (C=O) groups excluding carboxylic acids is 1. The van der Waals surface area contributed by atoms with Crippen molar-refractivity contribution in [2.75, 3.05) is 0 Å². The molecule has 2 unspecified atom stereocenters. The van der Waals surface area contributed by atoms with Crippen LogP contribution < -0.4 is 0 Å². The molecule has 0 N–H and O–H groups in total. The van der Waals surface area contributed by atoms with Crippen LogP contribution in [-0.4, -0.2) is 17.1 Å². The Morgan fingerprint density at radius 3 is 3.06 bits per heavy atom. The van der Waals surface area contributed by atoms with E-state index in [4.69, 9.17) is 4.74 Å². The Balaban J connectivity index is 1.95. The maximum absolute atomic E-state index is 12.0. The van der Waals surface area contributed by atoms with E-state index in [1.165, 1.54) is 12.8 Å². The van der Waals surface area contributed by atoms with Crippen LogP contribution in [0.15, 0.2) is 22.8 Å². The van der Waals surface area contributed by atoms with E-state index in [0.717, 1.165) is 19.3 Å². The van der Waals surface area contributed by atoms with Gasteiger partial charge in [0.1, 0.15) is 16.4 Å². The SMILES string of the molecule is CCC1CCCC(OC(=O)c2cccc(Br)n2)C1. The van der Waals surface area contributed by atoms with Gasteiger partial charge in [0.05, 0.1) is 0 Å². The van der Waals surface area contributed by atoms with E-state index >= 15 is 0 Å². The predicted octanol–water partition coefficient (Wildman–Crippen LogP) is 3.97. The maximum Gasteiger partial charge on any atom is 0.357 e. The molecule has 2 rings (SSSR count). The molecule has 1 aromatic heterocycles. The number of pyridine rings is 1. The molecule has 18 heavy (non-hydrogen) atoms. The van der Waals surface area contributed by atoms with E-state index in [9.17, 15) is 4.79 Å². The van der Waals surface area contributed by atoms with E-state index in [1.54, 1.807) is 18.2 Å². The summed E-state index contributed by atoms with van der Waals surface area (Å²) in [4.78, 5) is 16.1. The standard InChI is InChI=1S/C14H18BrNO2/c1-2-10-5-3-6-11(9-10)18-14(17)12-7-4-8-13(15)16-12/h4,7-8,10-11H,2-3,5-6,9H2,1H3. The van der Waals surface area contributed by atoms with Crippen LogP contribution in [0.3, 0.4) is 0 Å². The van der Waals surface area contributed by atoms with Crippen LogP contribution in [0, 0.1) is 5.92 Å². The average Bonchev–Trinajstić information content (AvgIpc) is 2.39. The highest BCUT2D eigenvalue weighted by Gasteiger charge is 2.24. The molecular formula is C14H18BrNO2. The van der Waals surface area contributed by atoms with Gasteiger partial charge in [-0.1, -0.05) is 25.8 Å². The van der Waals surface area contributed by atoms with Gasteiger partial charge in [-0.15, -0.1) is 0 Å². The molecule has 0 spiro atoms. The molecule has 3 nitrogen and oxygen atoms in total. The predicted molar refractivity (Wildman–Crippen MR) is 73.4 cm³/mol. The zero-order valence-electron chi connectivity index (χ0n) is 10.6. The summed E-state index contributed by atoms with van der Waals surface area (Å²) in [6, 6.07) is 5.28. The highest BCUT2D eigenvalue weighted by atomic mass is 79.9. The van der Waals surface area contributed by atoms with E-state index in [-0.39, 0.29) is 12.1 Å². The molecule has 4 heteroatoms. The number of nitrogens with zero attached hydrogens (tertiary/aromatic N) is 1. The van der Waals surface area contributed by atoms with Gasteiger partial charge in [0.15, 0.2) is 0 Å². The zero-order valence-corrected chi connectivity index (χ0v) is 12.1. The topological polar surface area (TPSA) is 39.2 Å². The molecule has 0 aliphatic heterocycles. The van der Waals surface area contributed by atoms with Crippen molar-refractivity contribution in [1.29, 1.82) is 0 Å². The van der Waals surface area contributed by atoms with E-state index in [2.05, 4.69) is 27.8 Å². The lowest BCUT2D eigenvalue weighted by Gasteiger charge is -2.28. The normalized spacial score (nSPS) is 23.7. The Hall–Kier alpha value is -0.900. The van der Waals surface area contributed by atoms with Gasteiger partial charge >= 0.3 is 5.97 Å².